The monoisotopic (exact) mass is 195 g/mol. The van der Waals surface area contributed by atoms with Gasteiger partial charge in [0.25, 0.3) is 5.69 Å². The van der Waals surface area contributed by atoms with Crippen LogP contribution in [0.25, 0.3) is 0 Å². The number of nitro benzene ring substituents is 1. The molecule has 5 heteroatoms. The molecule has 1 aromatic carbocycles. The van der Waals surface area contributed by atoms with Gasteiger partial charge in [-0.05, 0) is 18.6 Å². The van der Waals surface area contributed by atoms with Crippen LogP contribution in [0.15, 0.2) is 18.2 Å². The van der Waals surface area contributed by atoms with Crippen LogP contribution in [-0.2, 0) is 0 Å². The minimum Gasteiger partial charge on any atom is -0.399 e. The number of hydrogen-bond acceptors (Lipinski definition) is 4. The first kappa shape index (κ1) is 10.5. The molecule has 0 unspecified atom stereocenters. The molecule has 0 aliphatic rings. The fourth-order valence-electron chi connectivity index (χ4n) is 1.25. The summed E-state index contributed by atoms with van der Waals surface area (Å²) >= 11 is 0. The second-order valence-electron chi connectivity index (χ2n) is 3.09. The predicted molar refractivity (Wildman–Crippen MR) is 54.7 cm³/mol. The standard InChI is InChI=1S/C9H13N3O2/c1-2-8(11)7-4-3-6(10)5-9(7)12(13)14/h3-5,8H,2,10-11H2,1H3/t8-/m1/s1. The highest BCUT2D eigenvalue weighted by Gasteiger charge is 2.17. The predicted octanol–water partition coefficient (Wildman–Crippen LogP) is 1.59. The first-order chi connectivity index (χ1) is 6.56. The second kappa shape index (κ2) is 4.06. The quantitative estimate of drug-likeness (QED) is 0.435. The van der Waals surface area contributed by atoms with Crippen molar-refractivity contribution in [1.29, 1.82) is 0 Å². The highest BCUT2D eigenvalue weighted by molar-refractivity contribution is 5.53. The highest BCUT2D eigenvalue weighted by Crippen LogP contribution is 2.27. The second-order valence-corrected chi connectivity index (χ2v) is 3.09. The van der Waals surface area contributed by atoms with Crippen molar-refractivity contribution in [3.05, 3.63) is 33.9 Å². The molecule has 1 rings (SSSR count). The minimum atomic E-state index is -0.457. The summed E-state index contributed by atoms with van der Waals surface area (Å²) in [6.07, 6.45) is 0.657. The highest BCUT2D eigenvalue weighted by atomic mass is 16.6. The van der Waals surface area contributed by atoms with Crippen LogP contribution in [-0.4, -0.2) is 4.92 Å². The number of nitrogen functional groups attached to an aromatic ring is 1. The lowest BCUT2D eigenvalue weighted by Crippen LogP contribution is -2.11. The fourth-order valence-corrected chi connectivity index (χ4v) is 1.25. The smallest absolute Gasteiger partial charge is 0.276 e. The lowest BCUT2D eigenvalue weighted by molar-refractivity contribution is -0.385. The van der Waals surface area contributed by atoms with Gasteiger partial charge in [-0.25, -0.2) is 0 Å². The number of hydrogen-bond donors (Lipinski definition) is 2. The minimum absolute atomic E-state index is 0.000602. The van der Waals surface area contributed by atoms with Gasteiger partial charge in [-0.3, -0.25) is 10.1 Å². The van der Waals surface area contributed by atoms with E-state index in [2.05, 4.69) is 0 Å². The Balaban J connectivity index is 3.21. The van der Waals surface area contributed by atoms with Crippen molar-refractivity contribution in [3.63, 3.8) is 0 Å². The molecular weight excluding hydrogens is 182 g/mol. The summed E-state index contributed by atoms with van der Waals surface area (Å²) in [6, 6.07) is 4.26. The first-order valence-corrected chi connectivity index (χ1v) is 4.35. The Labute approximate surface area is 81.9 Å². The molecule has 0 aliphatic carbocycles. The number of nitro groups is 1. The third kappa shape index (κ3) is 2.00. The topological polar surface area (TPSA) is 95.2 Å². The van der Waals surface area contributed by atoms with E-state index in [9.17, 15) is 10.1 Å². The van der Waals surface area contributed by atoms with Gasteiger partial charge in [0.1, 0.15) is 0 Å². The number of rotatable bonds is 3. The first-order valence-electron chi connectivity index (χ1n) is 4.35. The van der Waals surface area contributed by atoms with E-state index in [0.29, 0.717) is 17.7 Å². The Morgan fingerprint density at radius 2 is 2.21 bits per heavy atom. The maximum absolute atomic E-state index is 10.7. The largest absolute Gasteiger partial charge is 0.399 e. The molecule has 1 aromatic rings. The summed E-state index contributed by atoms with van der Waals surface area (Å²) in [7, 11) is 0. The van der Waals surface area contributed by atoms with Crippen molar-refractivity contribution in [2.24, 2.45) is 5.73 Å². The molecule has 0 heterocycles. The molecule has 4 N–H and O–H groups in total. The Bertz CT molecular complexity index is 352. The van der Waals surface area contributed by atoms with Gasteiger partial charge in [-0.15, -0.1) is 0 Å². The van der Waals surface area contributed by atoms with Crippen LogP contribution in [0, 0.1) is 10.1 Å². The van der Waals surface area contributed by atoms with Crippen LogP contribution in [0.3, 0.4) is 0 Å². The molecule has 0 spiro atoms. The number of benzene rings is 1. The SMILES string of the molecule is CC[C@@H](N)c1ccc(N)cc1[N+](=O)[O-]. The lowest BCUT2D eigenvalue weighted by atomic mass is 10.0. The van der Waals surface area contributed by atoms with Gasteiger partial charge < -0.3 is 11.5 Å². The van der Waals surface area contributed by atoms with E-state index in [-0.39, 0.29) is 11.7 Å². The molecule has 0 saturated carbocycles. The van der Waals surface area contributed by atoms with Gasteiger partial charge in [0.15, 0.2) is 0 Å². The van der Waals surface area contributed by atoms with Crippen LogP contribution in [0.5, 0.6) is 0 Å². The zero-order valence-electron chi connectivity index (χ0n) is 7.93. The molecule has 0 saturated heterocycles. The summed E-state index contributed by atoms with van der Waals surface area (Å²) in [5, 5.41) is 10.7. The van der Waals surface area contributed by atoms with E-state index in [1.807, 2.05) is 6.92 Å². The van der Waals surface area contributed by atoms with Crippen molar-refractivity contribution in [3.8, 4) is 0 Å². The van der Waals surface area contributed by atoms with Gasteiger partial charge in [0, 0.05) is 23.4 Å². The van der Waals surface area contributed by atoms with Crippen LogP contribution < -0.4 is 11.5 Å². The van der Waals surface area contributed by atoms with Gasteiger partial charge in [0.2, 0.25) is 0 Å². The molecule has 14 heavy (non-hydrogen) atoms. The summed E-state index contributed by atoms with van der Waals surface area (Å²) < 4.78 is 0. The fraction of sp³-hybridized carbons (Fsp3) is 0.333. The maximum atomic E-state index is 10.7. The molecule has 0 amide bonds. The molecule has 0 bridgehead atoms. The maximum Gasteiger partial charge on any atom is 0.276 e. The average molecular weight is 195 g/mol. The Kier molecular flexibility index (Phi) is 3.03. The number of nitrogens with zero attached hydrogens (tertiary/aromatic N) is 1. The van der Waals surface area contributed by atoms with E-state index >= 15 is 0 Å². The third-order valence-electron chi connectivity index (χ3n) is 2.09. The number of anilines is 1. The Morgan fingerprint density at radius 3 is 2.71 bits per heavy atom. The third-order valence-corrected chi connectivity index (χ3v) is 2.09. The summed E-state index contributed by atoms with van der Waals surface area (Å²) in [4.78, 5) is 10.2. The Morgan fingerprint density at radius 1 is 1.57 bits per heavy atom. The van der Waals surface area contributed by atoms with Crippen molar-refractivity contribution in [2.75, 3.05) is 5.73 Å². The summed E-state index contributed by atoms with van der Waals surface area (Å²) in [5.74, 6) is 0. The zero-order chi connectivity index (χ0) is 10.7. The summed E-state index contributed by atoms with van der Waals surface area (Å²) in [5.41, 5.74) is 12.1. The van der Waals surface area contributed by atoms with Crippen molar-refractivity contribution in [2.45, 2.75) is 19.4 Å². The van der Waals surface area contributed by atoms with Crippen molar-refractivity contribution in [1.82, 2.24) is 0 Å². The molecule has 0 radical (unpaired) electrons. The van der Waals surface area contributed by atoms with Crippen LogP contribution in [0.4, 0.5) is 11.4 Å². The molecule has 0 aromatic heterocycles. The van der Waals surface area contributed by atoms with Crippen molar-refractivity contribution < 1.29 is 4.92 Å². The van der Waals surface area contributed by atoms with E-state index < -0.39 is 4.92 Å². The average Bonchev–Trinajstić information content (AvgIpc) is 2.16. The zero-order valence-corrected chi connectivity index (χ0v) is 7.93. The van der Waals surface area contributed by atoms with Crippen LogP contribution in [0.1, 0.15) is 24.9 Å². The molecule has 0 fully saturated rings. The molecule has 5 nitrogen and oxygen atoms in total. The number of nitrogens with two attached hydrogens (primary N) is 2. The van der Waals surface area contributed by atoms with E-state index in [1.54, 1.807) is 12.1 Å². The molecular formula is C9H13N3O2. The summed E-state index contributed by atoms with van der Waals surface area (Å²) in [6.45, 7) is 1.88. The van der Waals surface area contributed by atoms with E-state index in [4.69, 9.17) is 11.5 Å². The van der Waals surface area contributed by atoms with Gasteiger partial charge in [0.05, 0.1) is 4.92 Å². The molecule has 1 atom stereocenters. The van der Waals surface area contributed by atoms with E-state index in [1.165, 1.54) is 6.07 Å². The normalized spacial score (nSPS) is 12.4. The van der Waals surface area contributed by atoms with Crippen LogP contribution >= 0.6 is 0 Å². The van der Waals surface area contributed by atoms with Gasteiger partial charge in [-0.2, -0.15) is 0 Å². The van der Waals surface area contributed by atoms with E-state index in [0.717, 1.165) is 0 Å². The lowest BCUT2D eigenvalue weighted by Gasteiger charge is -2.09. The molecule has 0 aliphatic heterocycles. The Hall–Kier alpha value is -1.62. The van der Waals surface area contributed by atoms with Crippen LogP contribution in [0.2, 0.25) is 0 Å². The van der Waals surface area contributed by atoms with Gasteiger partial charge >= 0.3 is 0 Å². The van der Waals surface area contributed by atoms with Crippen molar-refractivity contribution >= 4 is 11.4 Å². The molecule has 76 valence electrons. The van der Waals surface area contributed by atoms with Gasteiger partial charge in [-0.1, -0.05) is 6.92 Å².